The van der Waals surface area contributed by atoms with E-state index in [9.17, 15) is 14.4 Å². The highest BCUT2D eigenvalue weighted by atomic mass is 32.2. The highest BCUT2D eigenvalue weighted by Crippen LogP contribution is 2.35. The topological polar surface area (TPSA) is 93.1 Å². The summed E-state index contributed by atoms with van der Waals surface area (Å²) in [6.07, 6.45) is 4.09. The lowest BCUT2D eigenvalue weighted by atomic mass is 9.97. The minimum Gasteiger partial charge on any atom is -0.333 e. The molecule has 0 unspecified atom stereocenters. The van der Waals surface area contributed by atoms with E-state index in [-0.39, 0.29) is 11.3 Å². The van der Waals surface area contributed by atoms with Crippen LogP contribution in [-0.2, 0) is 17.6 Å². The highest BCUT2D eigenvalue weighted by Gasteiger charge is 2.23. The van der Waals surface area contributed by atoms with Crippen LogP contribution in [0, 0.1) is 6.92 Å². The number of aromatic nitrogens is 2. The first kappa shape index (κ1) is 23.5. The van der Waals surface area contributed by atoms with Gasteiger partial charge in [0.1, 0.15) is 4.83 Å². The second-order valence-corrected chi connectivity index (χ2v) is 11.3. The fraction of sp³-hybridized carbons (Fsp3) is 0.417. The lowest BCUT2D eigenvalue weighted by Crippen LogP contribution is -2.48. The summed E-state index contributed by atoms with van der Waals surface area (Å²) in [6, 6.07) is 7.15. The van der Waals surface area contributed by atoms with Gasteiger partial charge in [0, 0.05) is 10.4 Å². The number of carbonyl (C=O) groups excluding carboxylic acids is 2. The van der Waals surface area contributed by atoms with Gasteiger partial charge >= 0.3 is 6.03 Å². The van der Waals surface area contributed by atoms with Crippen molar-refractivity contribution < 1.29 is 9.59 Å². The molecule has 3 amide bonds. The van der Waals surface area contributed by atoms with Gasteiger partial charge in [-0.1, -0.05) is 29.5 Å². The van der Waals surface area contributed by atoms with Crippen LogP contribution >= 0.6 is 23.1 Å². The maximum Gasteiger partial charge on any atom is 0.321 e. The molecule has 1 aliphatic rings. The molecule has 33 heavy (non-hydrogen) atoms. The molecule has 9 heteroatoms. The molecular weight excluding hydrogens is 456 g/mol. The molecule has 3 aromatic rings. The van der Waals surface area contributed by atoms with Crippen molar-refractivity contribution in [2.24, 2.45) is 0 Å². The highest BCUT2D eigenvalue weighted by molar-refractivity contribution is 7.99. The standard InChI is InChI=1S/C24H28N4O3S2/c1-14-9-11-15(12-10-14)28-21(30)19-16-7-5-6-8-17(16)33-20(19)26-23(28)32-13-18(29)25-22(31)27-24(2,3)4/h9-12H,5-8,13H2,1-4H3,(H2,25,27,29,31). The van der Waals surface area contributed by atoms with Crippen LogP contribution < -0.4 is 16.2 Å². The zero-order valence-electron chi connectivity index (χ0n) is 19.3. The maximum atomic E-state index is 13.7. The summed E-state index contributed by atoms with van der Waals surface area (Å²) in [4.78, 5) is 44.9. The summed E-state index contributed by atoms with van der Waals surface area (Å²) in [7, 11) is 0. The molecule has 0 atom stereocenters. The number of rotatable bonds is 4. The van der Waals surface area contributed by atoms with E-state index < -0.39 is 17.5 Å². The van der Waals surface area contributed by atoms with E-state index in [1.165, 1.54) is 4.88 Å². The summed E-state index contributed by atoms with van der Waals surface area (Å²) in [6.45, 7) is 7.51. The van der Waals surface area contributed by atoms with E-state index in [0.717, 1.165) is 53.4 Å². The summed E-state index contributed by atoms with van der Waals surface area (Å²) in [5.74, 6) is -0.482. The number of imide groups is 1. The Morgan fingerprint density at radius 1 is 1.15 bits per heavy atom. The molecule has 0 bridgehead atoms. The van der Waals surface area contributed by atoms with Gasteiger partial charge in [0.05, 0.1) is 16.8 Å². The Hall–Kier alpha value is -2.65. The first-order chi connectivity index (χ1) is 15.6. The molecule has 7 nitrogen and oxygen atoms in total. The van der Waals surface area contributed by atoms with Crippen molar-refractivity contribution in [3.63, 3.8) is 0 Å². The normalized spacial score (nSPS) is 13.6. The minimum absolute atomic E-state index is 0.0353. The van der Waals surface area contributed by atoms with Crippen molar-refractivity contribution in [2.45, 2.75) is 64.1 Å². The first-order valence-electron chi connectivity index (χ1n) is 11.0. The van der Waals surface area contributed by atoms with Crippen molar-refractivity contribution in [1.29, 1.82) is 0 Å². The number of hydrogen-bond donors (Lipinski definition) is 2. The average molecular weight is 485 g/mol. The molecule has 0 saturated carbocycles. The quantitative estimate of drug-likeness (QED) is 0.424. The van der Waals surface area contributed by atoms with Gasteiger partial charge in [0.15, 0.2) is 5.16 Å². The zero-order valence-corrected chi connectivity index (χ0v) is 20.9. The lowest BCUT2D eigenvalue weighted by Gasteiger charge is -2.20. The Bertz CT molecular complexity index is 1270. The van der Waals surface area contributed by atoms with Crippen molar-refractivity contribution >= 4 is 45.3 Å². The predicted molar refractivity (Wildman–Crippen MR) is 134 cm³/mol. The molecule has 2 heterocycles. The number of thiophene rings is 1. The number of carbonyl (C=O) groups is 2. The minimum atomic E-state index is -0.543. The zero-order chi connectivity index (χ0) is 23.8. The van der Waals surface area contributed by atoms with Crippen molar-refractivity contribution in [2.75, 3.05) is 5.75 Å². The maximum absolute atomic E-state index is 13.7. The summed E-state index contributed by atoms with van der Waals surface area (Å²) < 4.78 is 1.59. The Labute approximate surface area is 201 Å². The summed E-state index contributed by atoms with van der Waals surface area (Å²) in [5, 5.41) is 6.19. The number of nitrogens with one attached hydrogen (secondary N) is 2. The molecule has 0 aliphatic heterocycles. The second kappa shape index (κ2) is 9.30. The van der Waals surface area contributed by atoms with Crippen LogP contribution in [0.2, 0.25) is 0 Å². The van der Waals surface area contributed by atoms with Crippen LogP contribution in [0.4, 0.5) is 4.79 Å². The van der Waals surface area contributed by atoms with Crippen molar-refractivity contribution in [3.8, 4) is 5.69 Å². The summed E-state index contributed by atoms with van der Waals surface area (Å²) >= 11 is 2.74. The molecule has 174 valence electrons. The Balaban J connectivity index is 1.68. The van der Waals surface area contributed by atoms with Crippen LogP contribution in [-0.4, -0.2) is 32.8 Å². The van der Waals surface area contributed by atoms with Gasteiger partial charge in [-0.15, -0.1) is 11.3 Å². The first-order valence-corrected chi connectivity index (χ1v) is 12.8. The van der Waals surface area contributed by atoms with Crippen molar-refractivity contribution in [1.82, 2.24) is 20.2 Å². The van der Waals surface area contributed by atoms with E-state index >= 15 is 0 Å². The number of amides is 3. The van der Waals surface area contributed by atoms with Gasteiger partial charge < -0.3 is 5.32 Å². The van der Waals surface area contributed by atoms with E-state index in [1.54, 1.807) is 15.9 Å². The monoisotopic (exact) mass is 484 g/mol. The largest absolute Gasteiger partial charge is 0.333 e. The second-order valence-electron chi connectivity index (χ2n) is 9.30. The van der Waals surface area contributed by atoms with Crippen LogP contribution in [0.1, 0.15) is 49.6 Å². The van der Waals surface area contributed by atoms with E-state index in [1.807, 2.05) is 52.0 Å². The number of benzene rings is 1. The number of hydrogen-bond acceptors (Lipinski definition) is 6. The predicted octanol–water partition coefficient (Wildman–Crippen LogP) is 4.35. The van der Waals surface area contributed by atoms with Gasteiger partial charge in [-0.3, -0.25) is 19.5 Å². The third-order valence-electron chi connectivity index (χ3n) is 5.32. The Kier molecular flexibility index (Phi) is 6.63. The molecule has 0 spiro atoms. The van der Waals surface area contributed by atoms with Crippen LogP contribution in [0.25, 0.3) is 15.9 Å². The molecule has 0 fully saturated rings. The van der Waals surface area contributed by atoms with E-state index in [4.69, 9.17) is 4.98 Å². The number of nitrogens with zero attached hydrogens (tertiary/aromatic N) is 2. The van der Waals surface area contributed by atoms with E-state index in [0.29, 0.717) is 16.2 Å². The third kappa shape index (κ3) is 5.30. The smallest absolute Gasteiger partial charge is 0.321 e. The number of aryl methyl sites for hydroxylation is 3. The molecule has 1 aliphatic carbocycles. The Morgan fingerprint density at radius 3 is 2.55 bits per heavy atom. The number of thioether (sulfide) groups is 1. The third-order valence-corrected chi connectivity index (χ3v) is 7.45. The molecule has 0 saturated heterocycles. The van der Waals surface area contributed by atoms with Gasteiger partial charge in [0.2, 0.25) is 5.91 Å². The fourth-order valence-electron chi connectivity index (χ4n) is 3.87. The van der Waals surface area contributed by atoms with Gasteiger partial charge in [0.25, 0.3) is 5.56 Å². The van der Waals surface area contributed by atoms with Gasteiger partial charge in [-0.2, -0.15) is 0 Å². The van der Waals surface area contributed by atoms with Crippen molar-refractivity contribution in [3.05, 3.63) is 50.6 Å². The number of urea groups is 1. The van der Waals surface area contributed by atoms with Crippen LogP contribution in [0.15, 0.2) is 34.2 Å². The van der Waals surface area contributed by atoms with Gasteiger partial charge in [-0.05, 0) is 71.1 Å². The molecule has 2 N–H and O–H groups in total. The lowest BCUT2D eigenvalue weighted by molar-refractivity contribution is -0.117. The molecule has 0 radical (unpaired) electrons. The molecule has 1 aromatic carbocycles. The number of fused-ring (bicyclic) bond motifs is 3. The molecule has 2 aromatic heterocycles. The molecule has 4 rings (SSSR count). The summed E-state index contributed by atoms with van der Waals surface area (Å²) in [5.41, 5.74) is 2.38. The van der Waals surface area contributed by atoms with E-state index in [2.05, 4.69) is 10.6 Å². The fourth-order valence-corrected chi connectivity index (χ4v) is 5.98. The van der Waals surface area contributed by atoms with Crippen LogP contribution in [0.5, 0.6) is 0 Å². The molecular formula is C24H28N4O3S2. The SMILES string of the molecule is Cc1ccc(-n2c(SCC(=O)NC(=O)NC(C)(C)C)nc3sc4c(c3c2=O)CCCC4)cc1. The average Bonchev–Trinajstić information content (AvgIpc) is 3.10. The Morgan fingerprint density at radius 2 is 1.85 bits per heavy atom. The van der Waals surface area contributed by atoms with Gasteiger partial charge in [-0.25, -0.2) is 9.78 Å². The van der Waals surface area contributed by atoms with Crippen LogP contribution in [0.3, 0.4) is 0 Å².